The molecule has 84 valence electrons. The van der Waals surface area contributed by atoms with Crippen LogP contribution in [0.1, 0.15) is 36.6 Å². The van der Waals surface area contributed by atoms with Crippen molar-refractivity contribution in [1.29, 1.82) is 0 Å². The Balaban J connectivity index is 2.96. The minimum absolute atomic E-state index is 0.268. The molecule has 0 aliphatic rings. The van der Waals surface area contributed by atoms with Crippen molar-refractivity contribution in [2.45, 2.75) is 39.8 Å². The van der Waals surface area contributed by atoms with Crippen LogP contribution in [0.25, 0.3) is 0 Å². The number of nitrogens with one attached hydrogen (secondary N) is 1. The lowest BCUT2D eigenvalue weighted by molar-refractivity contribution is 0.482. The highest BCUT2D eigenvalue weighted by molar-refractivity contribution is 5.35. The maximum Gasteiger partial charge on any atom is 0.0449 e. The van der Waals surface area contributed by atoms with Gasteiger partial charge in [0.1, 0.15) is 0 Å². The standard InChI is InChI=1S/C13H22N2/c1-9(2)15-13(8-14)12-7-5-6-10(3)11(12)4/h5-7,9,13,15H,8,14H2,1-4H3. The smallest absolute Gasteiger partial charge is 0.0449 e. The molecule has 0 spiro atoms. The van der Waals surface area contributed by atoms with Crippen LogP contribution in [0.15, 0.2) is 18.2 Å². The first-order valence-electron chi connectivity index (χ1n) is 5.58. The van der Waals surface area contributed by atoms with Crippen LogP contribution in [0.5, 0.6) is 0 Å². The molecule has 1 aromatic rings. The third kappa shape index (κ3) is 3.05. The van der Waals surface area contributed by atoms with Gasteiger partial charge in [0.25, 0.3) is 0 Å². The summed E-state index contributed by atoms with van der Waals surface area (Å²) in [4.78, 5) is 0. The van der Waals surface area contributed by atoms with Crippen LogP contribution in [-0.4, -0.2) is 12.6 Å². The van der Waals surface area contributed by atoms with Gasteiger partial charge in [0.05, 0.1) is 0 Å². The van der Waals surface area contributed by atoms with Gasteiger partial charge >= 0.3 is 0 Å². The highest BCUT2D eigenvalue weighted by atomic mass is 15.0. The molecule has 2 nitrogen and oxygen atoms in total. The monoisotopic (exact) mass is 206 g/mol. The summed E-state index contributed by atoms with van der Waals surface area (Å²) in [6.45, 7) is 9.24. The zero-order valence-corrected chi connectivity index (χ0v) is 10.2. The third-order valence-corrected chi connectivity index (χ3v) is 2.79. The maximum absolute atomic E-state index is 5.81. The van der Waals surface area contributed by atoms with Gasteiger partial charge in [-0.15, -0.1) is 0 Å². The van der Waals surface area contributed by atoms with Crippen LogP contribution in [0, 0.1) is 13.8 Å². The lowest BCUT2D eigenvalue weighted by Gasteiger charge is -2.22. The average molecular weight is 206 g/mol. The Labute approximate surface area is 92.9 Å². The molecule has 1 aromatic carbocycles. The Morgan fingerprint density at radius 2 is 1.93 bits per heavy atom. The predicted molar refractivity (Wildman–Crippen MR) is 66.0 cm³/mol. The van der Waals surface area contributed by atoms with Crippen molar-refractivity contribution in [2.24, 2.45) is 5.73 Å². The van der Waals surface area contributed by atoms with Gasteiger partial charge in [-0.3, -0.25) is 0 Å². The van der Waals surface area contributed by atoms with Gasteiger partial charge in [-0.2, -0.15) is 0 Å². The summed E-state index contributed by atoms with van der Waals surface area (Å²) in [5, 5.41) is 3.49. The molecule has 0 amide bonds. The van der Waals surface area contributed by atoms with Crippen LogP contribution in [0.2, 0.25) is 0 Å². The number of aryl methyl sites for hydroxylation is 1. The van der Waals surface area contributed by atoms with Crippen molar-refractivity contribution in [1.82, 2.24) is 5.32 Å². The van der Waals surface area contributed by atoms with E-state index in [2.05, 4.69) is 51.2 Å². The van der Waals surface area contributed by atoms with E-state index in [1.165, 1.54) is 16.7 Å². The van der Waals surface area contributed by atoms with Gasteiger partial charge < -0.3 is 11.1 Å². The van der Waals surface area contributed by atoms with E-state index >= 15 is 0 Å². The molecule has 0 saturated carbocycles. The Bertz CT molecular complexity index is 318. The van der Waals surface area contributed by atoms with Crippen molar-refractivity contribution in [3.63, 3.8) is 0 Å². The van der Waals surface area contributed by atoms with Crippen LogP contribution < -0.4 is 11.1 Å². The third-order valence-electron chi connectivity index (χ3n) is 2.79. The molecular formula is C13H22N2. The zero-order valence-electron chi connectivity index (χ0n) is 10.2. The fourth-order valence-electron chi connectivity index (χ4n) is 1.84. The Hall–Kier alpha value is -0.860. The van der Waals surface area contributed by atoms with Gasteiger partial charge in [0.2, 0.25) is 0 Å². The molecule has 0 radical (unpaired) electrons. The molecule has 3 N–H and O–H groups in total. The van der Waals surface area contributed by atoms with Gasteiger partial charge in [-0.1, -0.05) is 32.0 Å². The van der Waals surface area contributed by atoms with E-state index in [0.717, 1.165) is 0 Å². The molecule has 1 unspecified atom stereocenters. The highest BCUT2D eigenvalue weighted by Crippen LogP contribution is 2.20. The molecular weight excluding hydrogens is 184 g/mol. The van der Waals surface area contributed by atoms with E-state index in [-0.39, 0.29) is 6.04 Å². The first-order valence-corrected chi connectivity index (χ1v) is 5.58. The molecule has 0 aromatic heterocycles. The van der Waals surface area contributed by atoms with E-state index in [1.54, 1.807) is 0 Å². The lowest BCUT2D eigenvalue weighted by Crippen LogP contribution is -2.33. The van der Waals surface area contributed by atoms with Crippen molar-refractivity contribution >= 4 is 0 Å². The zero-order chi connectivity index (χ0) is 11.4. The molecule has 1 rings (SSSR count). The SMILES string of the molecule is Cc1cccc(C(CN)NC(C)C)c1C. The van der Waals surface area contributed by atoms with Crippen LogP contribution in [0.4, 0.5) is 0 Å². The number of rotatable bonds is 4. The van der Waals surface area contributed by atoms with E-state index in [9.17, 15) is 0 Å². The number of benzene rings is 1. The average Bonchev–Trinajstić information content (AvgIpc) is 2.19. The second-order valence-electron chi connectivity index (χ2n) is 4.40. The van der Waals surface area contributed by atoms with Gasteiger partial charge in [0.15, 0.2) is 0 Å². The summed E-state index contributed by atoms with van der Waals surface area (Å²) in [5.74, 6) is 0. The van der Waals surface area contributed by atoms with Crippen LogP contribution >= 0.6 is 0 Å². The lowest BCUT2D eigenvalue weighted by atomic mass is 9.97. The summed E-state index contributed by atoms with van der Waals surface area (Å²) in [7, 11) is 0. The summed E-state index contributed by atoms with van der Waals surface area (Å²) < 4.78 is 0. The minimum atomic E-state index is 0.268. The first kappa shape index (κ1) is 12.2. The first-order chi connectivity index (χ1) is 7.06. The van der Waals surface area contributed by atoms with E-state index in [4.69, 9.17) is 5.73 Å². The number of hydrogen-bond donors (Lipinski definition) is 2. The molecule has 0 fully saturated rings. The predicted octanol–water partition coefficient (Wildman–Crippen LogP) is 2.30. The van der Waals surface area contributed by atoms with Crippen LogP contribution in [-0.2, 0) is 0 Å². The molecule has 0 aliphatic heterocycles. The quantitative estimate of drug-likeness (QED) is 0.793. The van der Waals surface area contributed by atoms with Crippen molar-refractivity contribution in [2.75, 3.05) is 6.54 Å². The normalized spacial score (nSPS) is 13.2. The second-order valence-corrected chi connectivity index (χ2v) is 4.40. The summed E-state index contributed by atoms with van der Waals surface area (Å²) >= 11 is 0. The number of nitrogens with two attached hydrogens (primary N) is 1. The molecule has 0 bridgehead atoms. The summed E-state index contributed by atoms with van der Waals surface area (Å²) in [6.07, 6.45) is 0. The van der Waals surface area contributed by atoms with Crippen molar-refractivity contribution < 1.29 is 0 Å². The van der Waals surface area contributed by atoms with E-state index in [1.807, 2.05) is 0 Å². The van der Waals surface area contributed by atoms with E-state index < -0.39 is 0 Å². The Morgan fingerprint density at radius 3 is 2.47 bits per heavy atom. The second kappa shape index (κ2) is 5.29. The summed E-state index contributed by atoms with van der Waals surface area (Å²) in [5.41, 5.74) is 9.81. The highest BCUT2D eigenvalue weighted by Gasteiger charge is 2.13. The Kier molecular flexibility index (Phi) is 4.30. The van der Waals surface area contributed by atoms with E-state index in [0.29, 0.717) is 12.6 Å². The molecule has 0 heterocycles. The van der Waals surface area contributed by atoms with Crippen LogP contribution in [0.3, 0.4) is 0 Å². The minimum Gasteiger partial charge on any atom is -0.329 e. The largest absolute Gasteiger partial charge is 0.329 e. The molecule has 0 saturated heterocycles. The number of hydrogen-bond acceptors (Lipinski definition) is 2. The molecule has 0 aliphatic carbocycles. The van der Waals surface area contributed by atoms with Gasteiger partial charge in [0, 0.05) is 18.6 Å². The van der Waals surface area contributed by atoms with Crippen molar-refractivity contribution in [3.05, 3.63) is 34.9 Å². The molecule has 1 atom stereocenters. The summed E-state index contributed by atoms with van der Waals surface area (Å²) in [6, 6.07) is 7.13. The maximum atomic E-state index is 5.81. The Morgan fingerprint density at radius 1 is 1.27 bits per heavy atom. The molecule has 2 heteroatoms. The fourth-order valence-corrected chi connectivity index (χ4v) is 1.84. The fraction of sp³-hybridized carbons (Fsp3) is 0.538. The van der Waals surface area contributed by atoms with Crippen molar-refractivity contribution in [3.8, 4) is 0 Å². The van der Waals surface area contributed by atoms with Gasteiger partial charge in [-0.05, 0) is 30.5 Å². The molecule has 15 heavy (non-hydrogen) atoms. The van der Waals surface area contributed by atoms with Gasteiger partial charge in [-0.25, -0.2) is 0 Å². The topological polar surface area (TPSA) is 38.0 Å².